The minimum absolute atomic E-state index is 0.0638. The number of hydrogen-bond donors (Lipinski definition) is 4. The van der Waals surface area contributed by atoms with Gasteiger partial charge in [-0.15, -0.1) is 0 Å². The van der Waals surface area contributed by atoms with Gasteiger partial charge in [0.05, 0.1) is 35.0 Å². The van der Waals surface area contributed by atoms with Gasteiger partial charge in [0.2, 0.25) is 0 Å². The molecule has 3 saturated heterocycles. The van der Waals surface area contributed by atoms with Crippen LogP contribution in [0.4, 0.5) is 26.3 Å². The minimum Gasteiger partial charge on any atom is -0.387 e. The molecule has 5 fully saturated rings. The lowest BCUT2D eigenvalue weighted by atomic mass is 9.84. The molecule has 4 aromatic rings. The van der Waals surface area contributed by atoms with E-state index in [0.717, 1.165) is 74.4 Å². The Morgan fingerprint density at radius 2 is 1.03 bits per heavy atom. The van der Waals surface area contributed by atoms with Crippen molar-refractivity contribution < 1.29 is 46.4 Å². The molecule has 348 valence electrons. The highest BCUT2D eigenvalue weighted by molar-refractivity contribution is 5.34. The normalized spacial score (nSPS) is 28.4. The van der Waals surface area contributed by atoms with E-state index in [2.05, 4.69) is 88.2 Å². The van der Waals surface area contributed by atoms with Gasteiger partial charge in [-0.2, -0.15) is 26.3 Å². The fourth-order valence-corrected chi connectivity index (χ4v) is 10.3. The van der Waals surface area contributed by atoms with Gasteiger partial charge in [0, 0.05) is 19.6 Å². The number of likely N-dealkylation sites (tertiary alicyclic amines) is 1. The average molecular weight is 895 g/mol. The van der Waals surface area contributed by atoms with Crippen molar-refractivity contribution in [3.63, 3.8) is 0 Å². The molecule has 6 nitrogen and oxygen atoms in total. The van der Waals surface area contributed by atoms with Crippen LogP contribution in [-0.2, 0) is 39.1 Å². The topological polar surface area (TPSA) is 88.5 Å². The Morgan fingerprint density at radius 3 is 1.45 bits per heavy atom. The lowest BCUT2D eigenvalue weighted by Gasteiger charge is -2.28. The molecule has 4 N–H and O–H groups in total. The lowest BCUT2D eigenvalue weighted by molar-refractivity contribution is -0.138. The molecule has 3 heterocycles. The minimum atomic E-state index is -4.42. The number of rotatable bonds is 6. The summed E-state index contributed by atoms with van der Waals surface area (Å²) < 4.78 is 80.4. The van der Waals surface area contributed by atoms with E-state index in [1.165, 1.54) is 29.3 Å². The summed E-state index contributed by atoms with van der Waals surface area (Å²) in [7, 11) is 0. The Hall–Kier alpha value is -3.78. The molecule has 5 aliphatic rings. The molecule has 0 bridgehead atoms. The highest BCUT2D eigenvalue weighted by atomic mass is 19.4. The summed E-state index contributed by atoms with van der Waals surface area (Å²) in [5, 5.41) is 36.3. The van der Waals surface area contributed by atoms with Gasteiger partial charge in [-0.25, -0.2) is 0 Å². The predicted molar refractivity (Wildman–Crippen MR) is 236 cm³/mol. The van der Waals surface area contributed by atoms with Crippen molar-refractivity contribution in [2.75, 3.05) is 39.3 Å². The molecular formula is C52H64F6N2O4. The van der Waals surface area contributed by atoms with E-state index in [-0.39, 0.29) is 22.5 Å². The first-order valence-electron chi connectivity index (χ1n) is 22.5. The Morgan fingerprint density at radius 1 is 0.609 bits per heavy atom. The van der Waals surface area contributed by atoms with Crippen LogP contribution in [0, 0.1) is 23.7 Å². The van der Waals surface area contributed by atoms with E-state index in [0.29, 0.717) is 55.2 Å². The Kier molecular flexibility index (Phi) is 13.6. The number of aliphatic hydroxyl groups excluding tert-OH is 1. The molecule has 8 atom stereocenters. The predicted octanol–water partition coefficient (Wildman–Crippen LogP) is 10.8. The lowest BCUT2D eigenvalue weighted by Crippen LogP contribution is -2.31. The van der Waals surface area contributed by atoms with Crippen LogP contribution in [0.25, 0.3) is 0 Å². The number of hydrogen-bond acceptors (Lipinski definition) is 6. The van der Waals surface area contributed by atoms with E-state index < -0.39 is 40.8 Å². The molecule has 3 aliphatic heterocycles. The van der Waals surface area contributed by atoms with Gasteiger partial charge < -0.3 is 25.4 Å². The number of nitrogens with one attached hydrogen (secondary N) is 1. The Balaban J connectivity index is 0.000000161. The first-order chi connectivity index (χ1) is 29.8. The third-order valence-corrected chi connectivity index (χ3v) is 14.1. The second-order valence-electron chi connectivity index (χ2n) is 21.0. The van der Waals surface area contributed by atoms with Crippen molar-refractivity contribution in [2.24, 2.45) is 23.7 Å². The van der Waals surface area contributed by atoms with Gasteiger partial charge in [0.25, 0.3) is 0 Å². The van der Waals surface area contributed by atoms with E-state index in [1.807, 2.05) is 12.1 Å². The van der Waals surface area contributed by atoms with Gasteiger partial charge in [-0.3, -0.25) is 4.90 Å². The summed E-state index contributed by atoms with van der Waals surface area (Å²) in [6.07, 6.45) is -6.60. The summed E-state index contributed by atoms with van der Waals surface area (Å²) in [5.41, 5.74) is 2.98. The maximum atomic E-state index is 13.0. The molecule has 0 aromatic heterocycles. The maximum Gasteiger partial charge on any atom is 0.416 e. The molecule has 64 heavy (non-hydrogen) atoms. The van der Waals surface area contributed by atoms with E-state index >= 15 is 0 Å². The van der Waals surface area contributed by atoms with Crippen LogP contribution in [0.1, 0.15) is 124 Å². The molecule has 4 aromatic carbocycles. The van der Waals surface area contributed by atoms with Gasteiger partial charge in [-0.05, 0) is 131 Å². The maximum absolute atomic E-state index is 13.0. The molecule has 4 unspecified atom stereocenters. The SMILES string of the molecule is CC(C)(C)c1ccc(C2(O)C[C@H]3CN(CC(O)c4cccc(C(F)(F)F)c4)C[C@H]3C2)cc1.CC(C)(C)c1ccc(C2(O)C[C@H]3CNC[C@H]3C2)cc1.FC(F)(F)c1cccc(C2CO2)c1. The summed E-state index contributed by atoms with van der Waals surface area (Å²) in [5.74, 6) is 1.95. The van der Waals surface area contributed by atoms with Crippen LogP contribution < -0.4 is 5.32 Å². The van der Waals surface area contributed by atoms with Crippen LogP contribution in [0.5, 0.6) is 0 Å². The van der Waals surface area contributed by atoms with Gasteiger partial charge >= 0.3 is 12.4 Å². The first kappa shape index (κ1) is 48.2. The summed E-state index contributed by atoms with van der Waals surface area (Å²) >= 11 is 0. The smallest absolute Gasteiger partial charge is 0.387 e. The summed E-state index contributed by atoms with van der Waals surface area (Å²) in [4.78, 5) is 2.11. The largest absolute Gasteiger partial charge is 0.416 e. The zero-order chi connectivity index (χ0) is 46.5. The monoisotopic (exact) mass is 894 g/mol. The number of halogens is 6. The van der Waals surface area contributed by atoms with Gasteiger partial charge in [-0.1, -0.05) is 114 Å². The number of nitrogens with zero attached hydrogens (tertiary/aromatic N) is 1. The number of ether oxygens (including phenoxy) is 1. The number of alkyl halides is 6. The highest BCUT2D eigenvalue weighted by Gasteiger charge is 2.50. The number of aliphatic hydroxyl groups is 3. The fourth-order valence-electron chi connectivity index (χ4n) is 10.3. The Labute approximate surface area is 374 Å². The van der Waals surface area contributed by atoms with E-state index in [1.54, 1.807) is 6.07 Å². The Bertz CT molecular complexity index is 2160. The van der Waals surface area contributed by atoms with Gasteiger partial charge in [0.1, 0.15) is 6.10 Å². The number of β-amino-alcohol motifs (C(OH)–C–C–N with tert-alkyl or cyclic N) is 1. The van der Waals surface area contributed by atoms with Crippen molar-refractivity contribution in [3.8, 4) is 0 Å². The average Bonchev–Trinajstić information content (AvgIpc) is 3.62. The molecule has 0 radical (unpaired) electrons. The second kappa shape index (κ2) is 18.1. The van der Waals surface area contributed by atoms with Crippen LogP contribution in [0.3, 0.4) is 0 Å². The van der Waals surface area contributed by atoms with Gasteiger partial charge in [0.15, 0.2) is 0 Å². The second-order valence-corrected chi connectivity index (χ2v) is 21.0. The summed E-state index contributed by atoms with van der Waals surface area (Å²) in [6.45, 7) is 17.6. The third kappa shape index (κ3) is 11.4. The highest BCUT2D eigenvalue weighted by Crippen LogP contribution is 2.50. The quantitative estimate of drug-likeness (QED) is 0.114. The fraction of sp³-hybridized carbons (Fsp3) is 0.538. The third-order valence-electron chi connectivity index (χ3n) is 14.1. The standard InChI is InChI=1S/C26H32F3NO2.C17H25NO.C9H7F3O/c1-24(2,3)20-7-9-21(10-8-20)25(32)12-18-14-30(15-19(18)13-25)16-23(31)17-5-4-6-22(11-17)26(27,28)29;1-16(2,3)14-4-6-15(7-5-14)17(19)8-12-10-18-11-13(12)9-17;10-9(11,12)7-3-1-2-6(4-7)8-5-13-8/h4-11,18-19,23,31-32H,12-16H2,1-3H3;4-7,12-13,18-19H,8-11H2,1-3H3;1-4,8H,5H2/t18-,19+,23?,25?;12-,13+,17?;. The van der Waals surface area contributed by atoms with Crippen molar-refractivity contribution in [2.45, 2.75) is 114 Å². The van der Waals surface area contributed by atoms with Crippen molar-refractivity contribution in [1.29, 1.82) is 0 Å². The molecule has 12 heteroatoms. The first-order valence-corrected chi connectivity index (χ1v) is 22.5. The zero-order valence-corrected chi connectivity index (χ0v) is 37.7. The summed E-state index contributed by atoms with van der Waals surface area (Å²) in [6, 6.07) is 27.1. The van der Waals surface area contributed by atoms with Crippen LogP contribution in [-0.4, -0.2) is 59.6 Å². The molecule has 0 amide bonds. The molecule has 2 saturated carbocycles. The van der Waals surface area contributed by atoms with Crippen LogP contribution in [0.15, 0.2) is 97.1 Å². The number of fused-ring (bicyclic) bond motifs is 2. The molecular weight excluding hydrogens is 831 g/mol. The van der Waals surface area contributed by atoms with Crippen LogP contribution >= 0.6 is 0 Å². The van der Waals surface area contributed by atoms with Crippen molar-refractivity contribution in [3.05, 3.63) is 142 Å². The molecule has 0 spiro atoms. The zero-order valence-electron chi connectivity index (χ0n) is 37.7. The molecule has 9 rings (SSSR count). The number of epoxide rings is 1. The van der Waals surface area contributed by atoms with E-state index in [4.69, 9.17) is 4.74 Å². The van der Waals surface area contributed by atoms with E-state index in [9.17, 15) is 41.7 Å². The number of benzene rings is 4. The molecule has 2 aliphatic carbocycles. The van der Waals surface area contributed by atoms with Crippen LogP contribution in [0.2, 0.25) is 0 Å². The van der Waals surface area contributed by atoms with Crippen molar-refractivity contribution >= 4 is 0 Å². The van der Waals surface area contributed by atoms with Crippen molar-refractivity contribution in [1.82, 2.24) is 10.2 Å².